The molecule has 1 aliphatic rings. The second-order valence-electron chi connectivity index (χ2n) is 3.73. The van der Waals surface area contributed by atoms with E-state index in [1.165, 1.54) is 11.4 Å². The van der Waals surface area contributed by atoms with Gasteiger partial charge in [-0.3, -0.25) is 0 Å². The monoisotopic (exact) mass is 221 g/mol. The van der Waals surface area contributed by atoms with E-state index in [-0.39, 0.29) is 0 Å². The largest absolute Gasteiger partial charge is 0.317 e. The lowest BCUT2D eigenvalue weighted by molar-refractivity contribution is 0.226. The molecular formula is C8H19N3O2S. The third-order valence-corrected chi connectivity index (χ3v) is 4.36. The Hall–Kier alpha value is -0.170. The molecule has 14 heavy (non-hydrogen) atoms. The third-order valence-electron chi connectivity index (χ3n) is 2.84. The molecule has 0 aromatic carbocycles. The van der Waals surface area contributed by atoms with Crippen LogP contribution in [0, 0.1) is 5.92 Å². The van der Waals surface area contributed by atoms with E-state index in [0.29, 0.717) is 25.0 Å². The van der Waals surface area contributed by atoms with Crippen LogP contribution < -0.4 is 10.0 Å². The quantitative estimate of drug-likeness (QED) is 0.668. The van der Waals surface area contributed by atoms with E-state index < -0.39 is 10.2 Å². The predicted molar refractivity (Wildman–Crippen MR) is 56.2 cm³/mol. The van der Waals surface area contributed by atoms with Gasteiger partial charge in [-0.1, -0.05) is 6.92 Å². The summed E-state index contributed by atoms with van der Waals surface area (Å²) in [6.07, 6.45) is 0.874. The average molecular weight is 221 g/mol. The number of hydrogen-bond donors (Lipinski definition) is 2. The van der Waals surface area contributed by atoms with Crippen molar-refractivity contribution >= 4 is 10.2 Å². The zero-order chi connectivity index (χ0) is 10.8. The SMILES string of the molecule is CNC1CCN(S(=O)(=O)NC)CC1C. The van der Waals surface area contributed by atoms with Crippen molar-refractivity contribution in [1.82, 2.24) is 14.3 Å². The standard InChI is InChI=1S/C8H19N3O2S/c1-7-6-11(14(12,13)10-3)5-4-8(7)9-2/h7-10H,4-6H2,1-3H3. The van der Waals surface area contributed by atoms with Gasteiger partial charge in [-0.25, -0.2) is 4.72 Å². The lowest BCUT2D eigenvalue weighted by atomic mass is 9.96. The van der Waals surface area contributed by atoms with E-state index in [2.05, 4.69) is 17.0 Å². The first-order valence-corrected chi connectivity index (χ1v) is 6.31. The summed E-state index contributed by atoms with van der Waals surface area (Å²) < 4.78 is 26.8. The summed E-state index contributed by atoms with van der Waals surface area (Å²) in [6, 6.07) is 0.429. The van der Waals surface area contributed by atoms with Crippen LogP contribution in [0.15, 0.2) is 0 Å². The van der Waals surface area contributed by atoms with Gasteiger partial charge in [0.15, 0.2) is 0 Å². The smallest absolute Gasteiger partial charge is 0.279 e. The van der Waals surface area contributed by atoms with Crippen molar-refractivity contribution < 1.29 is 8.42 Å². The molecule has 1 aliphatic heterocycles. The number of piperidine rings is 1. The molecular weight excluding hydrogens is 202 g/mol. The first-order chi connectivity index (χ1) is 6.51. The molecule has 0 bridgehead atoms. The van der Waals surface area contributed by atoms with Gasteiger partial charge in [0.1, 0.15) is 0 Å². The van der Waals surface area contributed by atoms with Crippen LogP contribution in [-0.4, -0.2) is 45.9 Å². The van der Waals surface area contributed by atoms with Crippen molar-refractivity contribution in [3.8, 4) is 0 Å². The summed E-state index contributed by atoms with van der Waals surface area (Å²) >= 11 is 0. The van der Waals surface area contributed by atoms with Crippen LogP contribution in [0.25, 0.3) is 0 Å². The van der Waals surface area contributed by atoms with Crippen molar-refractivity contribution in [1.29, 1.82) is 0 Å². The molecule has 1 heterocycles. The van der Waals surface area contributed by atoms with Gasteiger partial charge in [0, 0.05) is 26.2 Å². The molecule has 84 valence electrons. The molecule has 1 saturated heterocycles. The fourth-order valence-corrected chi connectivity index (χ4v) is 2.92. The minimum atomic E-state index is -3.23. The fourth-order valence-electron chi connectivity index (χ4n) is 1.88. The van der Waals surface area contributed by atoms with Crippen LogP contribution in [0.5, 0.6) is 0 Å². The molecule has 1 rings (SSSR count). The molecule has 6 heteroatoms. The topological polar surface area (TPSA) is 61.4 Å². The summed E-state index contributed by atoms with van der Waals surface area (Å²) in [4.78, 5) is 0. The van der Waals surface area contributed by atoms with E-state index in [1.54, 1.807) is 0 Å². The second kappa shape index (κ2) is 4.57. The first kappa shape index (κ1) is 11.9. The summed E-state index contributed by atoms with van der Waals surface area (Å²) in [5.74, 6) is 0.358. The van der Waals surface area contributed by atoms with Crippen LogP contribution >= 0.6 is 0 Å². The zero-order valence-electron chi connectivity index (χ0n) is 8.95. The van der Waals surface area contributed by atoms with Crippen molar-refractivity contribution in [3.05, 3.63) is 0 Å². The summed E-state index contributed by atoms with van der Waals surface area (Å²) in [7, 11) is 0.138. The van der Waals surface area contributed by atoms with Crippen LogP contribution in [0.2, 0.25) is 0 Å². The van der Waals surface area contributed by atoms with Gasteiger partial charge >= 0.3 is 0 Å². The van der Waals surface area contributed by atoms with Gasteiger partial charge in [-0.05, 0) is 19.4 Å². The molecule has 2 atom stereocenters. The Morgan fingerprint density at radius 1 is 1.36 bits per heavy atom. The summed E-state index contributed by atoms with van der Waals surface area (Å²) in [5, 5.41) is 3.20. The Morgan fingerprint density at radius 2 is 2.00 bits per heavy atom. The number of rotatable bonds is 3. The molecule has 0 radical (unpaired) electrons. The van der Waals surface area contributed by atoms with Gasteiger partial charge in [-0.15, -0.1) is 0 Å². The van der Waals surface area contributed by atoms with Crippen LogP contribution in [0.1, 0.15) is 13.3 Å². The molecule has 0 aliphatic carbocycles. The van der Waals surface area contributed by atoms with Crippen molar-refractivity contribution in [2.45, 2.75) is 19.4 Å². The number of hydrogen-bond acceptors (Lipinski definition) is 3. The highest BCUT2D eigenvalue weighted by atomic mass is 32.2. The van der Waals surface area contributed by atoms with E-state index in [9.17, 15) is 8.42 Å². The lowest BCUT2D eigenvalue weighted by Crippen LogP contribution is -2.51. The molecule has 0 aromatic heterocycles. The summed E-state index contributed by atoms with van der Waals surface area (Å²) in [6.45, 7) is 3.26. The van der Waals surface area contributed by atoms with Crippen LogP contribution in [-0.2, 0) is 10.2 Å². The molecule has 2 unspecified atom stereocenters. The normalized spacial score (nSPS) is 30.5. The Kier molecular flexibility index (Phi) is 3.88. The minimum absolute atomic E-state index is 0.358. The van der Waals surface area contributed by atoms with E-state index in [4.69, 9.17) is 0 Å². The van der Waals surface area contributed by atoms with E-state index in [1.807, 2.05) is 7.05 Å². The van der Waals surface area contributed by atoms with Crippen LogP contribution in [0.3, 0.4) is 0 Å². The Bertz CT molecular complexity index is 278. The fraction of sp³-hybridized carbons (Fsp3) is 1.00. The maximum absolute atomic E-state index is 11.5. The number of nitrogens with zero attached hydrogens (tertiary/aromatic N) is 1. The highest BCUT2D eigenvalue weighted by molar-refractivity contribution is 7.87. The summed E-state index contributed by atoms with van der Waals surface area (Å²) in [5.41, 5.74) is 0. The minimum Gasteiger partial charge on any atom is -0.317 e. The Labute approximate surface area is 86.0 Å². The molecule has 0 spiro atoms. The lowest BCUT2D eigenvalue weighted by Gasteiger charge is -2.35. The van der Waals surface area contributed by atoms with Crippen molar-refractivity contribution in [2.24, 2.45) is 5.92 Å². The van der Waals surface area contributed by atoms with Gasteiger partial charge in [0.05, 0.1) is 0 Å². The van der Waals surface area contributed by atoms with Gasteiger partial charge < -0.3 is 5.32 Å². The molecule has 5 nitrogen and oxygen atoms in total. The van der Waals surface area contributed by atoms with E-state index >= 15 is 0 Å². The maximum Gasteiger partial charge on any atom is 0.279 e. The predicted octanol–water partition coefficient (Wildman–Crippen LogP) is -0.620. The first-order valence-electron chi connectivity index (χ1n) is 4.87. The Balaban J connectivity index is 2.63. The average Bonchev–Trinajstić information content (AvgIpc) is 2.17. The van der Waals surface area contributed by atoms with Gasteiger partial charge in [-0.2, -0.15) is 12.7 Å². The Morgan fingerprint density at radius 3 is 2.43 bits per heavy atom. The zero-order valence-corrected chi connectivity index (χ0v) is 9.76. The highest BCUT2D eigenvalue weighted by Gasteiger charge is 2.30. The maximum atomic E-state index is 11.5. The van der Waals surface area contributed by atoms with E-state index in [0.717, 1.165) is 6.42 Å². The van der Waals surface area contributed by atoms with Gasteiger partial charge in [0.25, 0.3) is 10.2 Å². The van der Waals surface area contributed by atoms with Crippen molar-refractivity contribution in [2.75, 3.05) is 27.2 Å². The molecule has 2 N–H and O–H groups in total. The highest BCUT2D eigenvalue weighted by Crippen LogP contribution is 2.18. The molecule has 0 aromatic rings. The van der Waals surface area contributed by atoms with Crippen LogP contribution in [0.4, 0.5) is 0 Å². The second-order valence-corrected chi connectivity index (χ2v) is 5.60. The third kappa shape index (κ3) is 2.44. The molecule has 1 fully saturated rings. The molecule has 0 saturated carbocycles. The number of nitrogens with one attached hydrogen (secondary N) is 2. The molecule has 0 amide bonds. The van der Waals surface area contributed by atoms with Gasteiger partial charge in [0.2, 0.25) is 0 Å². The van der Waals surface area contributed by atoms with Crippen molar-refractivity contribution in [3.63, 3.8) is 0 Å².